The van der Waals surface area contributed by atoms with Crippen molar-refractivity contribution in [1.29, 1.82) is 0 Å². The fraction of sp³-hybridized carbons (Fsp3) is 0.0638. The van der Waals surface area contributed by atoms with Crippen LogP contribution in [0, 0.1) is 0 Å². The van der Waals surface area contributed by atoms with E-state index >= 15 is 0 Å². The van der Waals surface area contributed by atoms with Gasteiger partial charge in [0, 0.05) is 40.5 Å². The van der Waals surface area contributed by atoms with Crippen LogP contribution in [0.15, 0.2) is 181 Å². The van der Waals surface area contributed by atoms with Crippen LogP contribution in [0.1, 0.15) is 16.7 Å². The topological polar surface area (TPSA) is 65.7 Å². The van der Waals surface area contributed by atoms with E-state index < -0.39 is 5.54 Å². The molecule has 0 saturated carbocycles. The van der Waals surface area contributed by atoms with Gasteiger partial charge in [0.15, 0.2) is 0 Å². The third-order valence-electron chi connectivity index (χ3n) is 10.0. The van der Waals surface area contributed by atoms with Crippen LogP contribution in [0.5, 0.6) is 5.88 Å². The van der Waals surface area contributed by atoms with Crippen molar-refractivity contribution in [3.8, 4) is 50.0 Å². The maximum absolute atomic E-state index is 5.61. The highest BCUT2D eigenvalue weighted by Crippen LogP contribution is 2.44. The lowest BCUT2D eigenvalue weighted by atomic mass is 9.77. The Hall–Kier alpha value is -6.35. The van der Waals surface area contributed by atoms with Gasteiger partial charge in [-0.2, -0.15) is 5.10 Å². The Morgan fingerprint density at radius 3 is 1.80 bits per heavy atom. The first-order valence-electron chi connectivity index (χ1n) is 17.9. The molecule has 9 rings (SSSR count). The lowest BCUT2D eigenvalue weighted by Gasteiger charge is -2.36. The number of pyridine rings is 1. The minimum atomic E-state index is -0.790. The van der Waals surface area contributed by atoms with Gasteiger partial charge >= 0.3 is 0 Å². The molecule has 8 heteroatoms. The fourth-order valence-electron chi connectivity index (χ4n) is 7.38. The standard InChI is InChI=1S/C47H35N5OS2/c1-53-43-26-23-35(29-48-43)32-18-20-33(21-19-32)45-40(34-22-24-41-39(28-34)46(50-31-49-41)42-25-27-44(54-2)55-42)30-52(51-45)47(36-12-6-3-7-13-36,37-14-8-4-9-15-37)38-16-10-5-11-17-38/h3-31H,1-2H3. The molecule has 0 radical (unpaired) electrons. The number of ether oxygens (including phenoxy) is 1. The Morgan fingerprint density at radius 2 is 1.22 bits per heavy atom. The number of nitrogens with zero attached hydrogens (tertiary/aromatic N) is 5. The first-order chi connectivity index (χ1) is 27.1. The summed E-state index contributed by atoms with van der Waals surface area (Å²) in [5.41, 5.74) is 10.3. The first-order valence-corrected chi connectivity index (χ1v) is 20.0. The molecule has 55 heavy (non-hydrogen) atoms. The molecule has 0 fully saturated rings. The second-order valence-corrected chi connectivity index (χ2v) is 15.3. The molecule has 0 bridgehead atoms. The van der Waals surface area contributed by atoms with Gasteiger partial charge in [0.25, 0.3) is 0 Å². The van der Waals surface area contributed by atoms with Gasteiger partial charge in [0.05, 0.1) is 27.4 Å². The average Bonchev–Trinajstić information content (AvgIpc) is 3.94. The second-order valence-electron chi connectivity index (χ2n) is 13.1. The van der Waals surface area contributed by atoms with Crippen molar-refractivity contribution in [3.05, 3.63) is 193 Å². The van der Waals surface area contributed by atoms with E-state index in [2.05, 4.69) is 173 Å². The summed E-state index contributed by atoms with van der Waals surface area (Å²) in [7, 11) is 1.63. The second kappa shape index (κ2) is 14.8. The van der Waals surface area contributed by atoms with Gasteiger partial charge < -0.3 is 4.74 Å². The summed E-state index contributed by atoms with van der Waals surface area (Å²) < 4.78 is 8.71. The summed E-state index contributed by atoms with van der Waals surface area (Å²) in [6.45, 7) is 0. The number of thiophene rings is 1. The van der Waals surface area contributed by atoms with Crippen LogP contribution in [0.25, 0.3) is 55.0 Å². The lowest BCUT2D eigenvalue weighted by molar-refractivity contribution is 0.398. The zero-order valence-corrected chi connectivity index (χ0v) is 31.8. The minimum absolute atomic E-state index is 0.585. The number of methoxy groups -OCH3 is 1. The van der Waals surface area contributed by atoms with Gasteiger partial charge in [-0.15, -0.1) is 23.1 Å². The number of rotatable bonds is 10. The lowest BCUT2D eigenvalue weighted by Crippen LogP contribution is -2.38. The molecule has 0 aliphatic rings. The normalized spacial score (nSPS) is 11.5. The van der Waals surface area contributed by atoms with Crippen molar-refractivity contribution >= 4 is 34.0 Å². The monoisotopic (exact) mass is 749 g/mol. The number of aromatic nitrogens is 5. The highest BCUT2D eigenvalue weighted by molar-refractivity contribution is 8.00. The highest BCUT2D eigenvalue weighted by atomic mass is 32.2. The molecule has 9 aromatic rings. The van der Waals surface area contributed by atoms with Crippen LogP contribution in [-0.4, -0.2) is 38.1 Å². The molecule has 0 amide bonds. The Bertz CT molecular complexity index is 2620. The van der Waals surface area contributed by atoms with Crippen LogP contribution in [0.3, 0.4) is 0 Å². The van der Waals surface area contributed by atoms with E-state index in [0.29, 0.717) is 5.88 Å². The number of hydrogen-bond donors (Lipinski definition) is 0. The fourth-order valence-corrected chi connectivity index (χ4v) is 8.93. The highest BCUT2D eigenvalue weighted by Gasteiger charge is 2.40. The molecule has 0 aliphatic carbocycles. The van der Waals surface area contributed by atoms with E-state index in [1.165, 1.54) is 4.21 Å². The molecule has 0 spiro atoms. The summed E-state index contributed by atoms with van der Waals surface area (Å²) >= 11 is 3.49. The number of hydrogen-bond acceptors (Lipinski definition) is 7. The predicted octanol–water partition coefficient (Wildman–Crippen LogP) is 11.5. The van der Waals surface area contributed by atoms with Gasteiger partial charge in [-0.1, -0.05) is 121 Å². The molecule has 4 heterocycles. The minimum Gasteiger partial charge on any atom is -0.481 e. The molecule has 6 nitrogen and oxygen atoms in total. The van der Waals surface area contributed by atoms with Crippen molar-refractivity contribution in [3.63, 3.8) is 0 Å². The molecule has 4 aromatic heterocycles. The van der Waals surface area contributed by atoms with Crippen molar-refractivity contribution in [2.24, 2.45) is 0 Å². The Labute approximate surface area is 328 Å². The summed E-state index contributed by atoms with van der Waals surface area (Å²) in [5, 5.41) is 6.61. The largest absolute Gasteiger partial charge is 0.481 e. The Morgan fingerprint density at radius 1 is 0.600 bits per heavy atom. The van der Waals surface area contributed by atoms with Crippen LogP contribution in [-0.2, 0) is 5.54 Å². The van der Waals surface area contributed by atoms with Crippen molar-refractivity contribution in [1.82, 2.24) is 24.7 Å². The molecule has 266 valence electrons. The van der Waals surface area contributed by atoms with Gasteiger partial charge in [-0.05, 0) is 64.4 Å². The molecule has 0 N–H and O–H groups in total. The van der Waals surface area contributed by atoms with Gasteiger partial charge in [-0.25, -0.2) is 15.0 Å². The van der Waals surface area contributed by atoms with Gasteiger partial charge in [-0.3, -0.25) is 4.68 Å². The van der Waals surface area contributed by atoms with E-state index in [0.717, 1.165) is 71.7 Å². The number of thioether (sulfide) groups is 1. The SMILES string of the molecule is COc1ccc(-c2ccc(-c3nn(C(c4ccccc4)(c4ccccc4)c4ccccc4)cc3-c3ccc4ncnc(-c5ccc(SC)s5)c4c3)cc2)cn1. The van der Waals surface area contributed by atoms with Crippen LogP contribution >= 0.6 is 23.1 Å². The van der Waals surface area contributed by atoms with Crippen molar-refractivity contribution < 1.29 is 4.74 Å². The summed E-state index contributed by atoms with van der Waals surface area (Å²) in [6.07, 6.45) is 7.82. The van der Waals surface area contributed by atoms with Crippen LogP contribution in [0.4, 0.5) is 0 Å². The van der Waals surface area contributed by atoms with Crippen LogP contribution < -0.4 is 4.74 Å². The van der Waals surface area contributed by atoms with Crippen LogP contribution in [0.2, 0.25) is 0 Å². The van der Waals surface area contributed by atoms with Crippen molar-refractivity contribution in [2.45, 2.75) is 9.75 Å². The molecular formula is C47H35N5OS2. The molecule has 5 aromatic carbocycles. The zero-order valence-electron chi connectivity index (χ0n) is 30.2. The van der Waals surface area contributed by atoms with Crippen molar-refractivity contribution in [2.75, 3.05) is 13.4 Å². The number of benzene rings is 5. The van der Waals surface area contributed by atoms with E-state index in [-0.39, 0.29) is 0 Å². The zero-order chi connectivity index (χ0) is 37.2. The maximum Gasteiger partial charge on any atom is 0.212 e. The number of fused-ring (bicyclic) bond motifs is 1. The first kappa shape index (κ1) is 34.4. The Balaban J connectivity index is 1.30. The van der Waals surface area contributed by atoms with E-state index in [1.54, 1.807) is 36.5 Å². The average molecular weight is 750 g/mol. The van der Waals surface area contributed by atoms with Gasteiger partial charge in [0.2, 0.25) is 5.88 Å². The summed E-state index contributed by atoms with van der Waals surface area (Å²) in [4.78, 5) is 15.0. The van der Waals surface area contributed by atoms with E-state index in [1.807, 2.05) is 18.3 Å². The van der Waals surface area contributed by atoms with Gasteiger partial charge in [0.1, 0.15) is 17.6 Å². The maximum atomic E-state index is 5.61. The summed E-state index contributed by atoms with van der Waals surface area (Å²) in [6, 6.07) is 55.2. The molecule has 0 saturated heterocycles. The molecule has 0 aliphatic heterocycles. The molecule has 0 unspecified atom stereocenters. The van der Waals surface area contributed by atoms with E-state index in [4.69, 9.17) is 14.8 Å². The molecule has 0 atom stereocenters. The third-order valence-corrected chi connectivity index (χ3v) is 12.2. The third kappa shape index (κ3) is 6.29. The Kier molecular flexibility index (Phi) is 9.27. The smallest absolute Gasteiger partial charge is 0.212 e. The van der Waals surface area contributed by atoms with E-state index in [9.17, 15) is 0 Å². The predicted molar refractivity (Wildman–Crippen MR) is 226 cm³/mol. The molecular weight excluding hydrogens is 715 g/mol. The summed E-state index contributed by atoms with van der Waals surface area (Å²) in [5.74, 6) is 0.585. The quantitative estimate of drug-likeness (QED) is 0.102.